The van der Waals surface area contributed by atoms with Crippen LogP contribution < -0.4 is 0 Å². The minimum Gasteiger partial charge on any atom is -0.508 e. The topological polar surface area (TPSA) is 306 Å². The molecule has 3 heterocycles. The quantitative estimate of drug-likeness (QED) is 0.111. The number of phenols is 1. The van der Waals surface area contributed by atoms with Crippen molar-refractivity contribution in [3.8, 4) is 5.75 Å². The van der Waals surface area contributed by atoms with Crippen LogP contribution >= 0.6 is 0 Å². The van der Waals surface area contributed by atoms with E-state index in [0.29, 0.717) is 0 Å². The number of aliphatic hydroxyl groups is 11. The van der Waals surface area contributed by atoms with E-state index in [1.165, 1.54) is 37.3 Å². The van der Waals surface area contributed by atoms with Crippen molar-refractivity contribution in [1.82, 2.24) is 0 Å². The molecule has 0 saturated carbocycles. The molecule has 1 aromatic rings. The van der Waals surface area contributed by atoms with Crippen LogP contribution in [-0.4, -0.2) is 172 Å². The van der Waals surface area contributed by atoms with Crippen LogP contribution in [0.5, 0.6) is 5.75 Å². The predicted molar refractivity (Wildman–Crippen MR) is 142 cm³/mol. The van der Waals surface area contributed by atoms with E-state index in [-0.39, 0.29) is 11.3 Å². The van der Waals surface area contributed by atoms with Gasteiger partial charge in [-0.25, -0.2) is 0 Å². The molecule has 0 amide bonds. The van der Waals surface area contributed by atoms with Gasteiger partial charge in [-0.15, -0.1) is 0 Å². The summed E-state index contributed by atoms with van der Waals surface area (Å²) in [5, 5.41) is 124. The molecule has 3 unspecified atom stereocenters. The third-order valence-electron chi connectivity index (χ3n) is 7.94. The van der Waals surface area contributed by atoms with Gasteiger partial charge < -0.3 is 85.0 Å². The lowest BCUT2D eigenvalue weighted by Crippen LogP contribution is -2.73. The van der Waals surface area contributed by atoms with Gasteiger partial charge >= 0.3 is 0 Å². The zero-order valence-electron chi connectivity index (χ0n) is 23.7. The molecule has 3 fully saturated rings. The molecule has 15 atom stereocenters. The fourth-order valence-corrected chi connectivity index (χ4v) is 5.22. The SMILES string of the molecule is C[C@H]1OC(OC2O[C@@](CO)(OC3O[C@H](CO)[C@@H](O)[C@H](O)[C@H]3O)[C@H](O)[C@H](O)[C@H]2O)(C(=O)C=Cc2cccc(O)c2)[C@@H](O)[C@@H](O)[C@@H]1O. The zero-order valence-corrected chi connectivity index (χ0v) is 23.7. The highest BCUT2D eigenvalue weighted by Crippen LogP contribution is 2.40. The Balaban J connectivity index is 1.69. The number of ketones is 1. The third-order valence-corrected chi connectivity index (χ3v) is 7.94. The summed E-state index contributed by atoms with van der Waals surface area (Å²) in [6.07, 6.45) is -24.4. The Hall–Kier alpha value is -2.21. The first kappa shape index (κ1) is 35.6. The molecule has 3 aliphatic rings. The zero-order chi connectivity index (χ0) is 33.4. The number of ether oxygens (including phenoxy) is 5. The number of aromatic hydroxyl groups is 1. The van der Waals surface area contributed by atoms with Gasteiger partial charge in [-0.3, -0.25) is 4.79 Å². The predicted octanol–water partition coefficient (Wildman–Crippen LogP) is -5.87. The highest BCUT2D eigenvalue weighted by atomic mass is 16.9. The van der Waals surface area contributed by atoms with E-state index >= 15 is 0 Å². The number of hydrogen-bond acceptors (Lipinski definition) is 18. The highest BCUT2D eigenvalue weighted by Gasteiger charge is 2.63. The molecule has 0 spiro atoms. The lowest BCUT2D eigenvalue weighted by Gasteiger charge is -2.52. The van der Waals surface area contributed by atoms with Crippen molar-refractivity contribution in [2.24, 2.45) is 0 Å². The van der Waals surface area contributed by atoms with Crippen LogP contribution in [0, 0.1) is 0 Å². The lowest BCUT2D eigenvalue weighted by molar-refractivity contribution is -0.472. The number of aliphatic hydroxyl groups excluding tert-OH is 11. The van der Waals surface area contributed by atoms with Crippen LogP contribution in [0.4, 0.5) is 0 Å². The van der Waals surface area contributed by atoms with Crippen molar-refractivity contribution in [3.05, 3.63) is 35.9 Å². The summed E-state index contributed by atoms with van der Waals surface area (Å²) < 4.78 is 27.3. The fourth-order valence-electron chi connectivity index (χ4n) is 5.22. The van der Waals surface area contributed by atoms with Crippen molar-refractivity contribution in [2.45, 2.75) is 98.2 Å². The van der Waals surface area contributed by atoms with Crippen LogP contribution in [0.2, 0.25) is 0 Å². The van der Waals surface area contributed by atoms with E-state index < -0.39 is 110 Å². The monoisotopic (exact) mass is 650 g/mol. The van der Waals surface area contributed by atoms with Crippen LogP contribution in [0.1, 0.15) is 12.5 Å². The molecule has 0 aliphatic carbocycles. The second-order valence-electron chi connectivity index (χ2n) is 11.0. The van der Waals surface area contributed by atoms with Crippen molar-refractivity contribution in [2.75, 3.05) is 13.2 Å². The summed E-state index contributed by atoms with van der Waals surface area (Å²) >= 11 is 0. The average Bonchev–Trinajstić information content (AvgIpc) is 3.02. The standard InChI is InChI=1S/C27H38O18/c1-10-15(32)18(35)23(40)27(42-10,14(31)6-5-11-3-2-4-12(30)7-11)45-25-21(38)19(36)22(39)26(9-29,44-25)43-24-20(37)17(34)16(33)13(8-28)41-24/h2-7,10,13,15-25,28-30,32-40H,8-9H2,1H3/t10-,13-,15-,16-,17+,18+,19-,20-,21-,22-,23+,24?,25?,26-,27?/m1/s1. The van der Waals surface area contributed by atoms with E-state index in [1.807, 2.05) is 0 Å². The van der Waals surface area contributed by atoms with E-state index in [9.17, 15) is 66.1 Å². The van der Waals surface area contributed by atoms with Crippen LogP contribution in [0.25, 0.3) is 6.08 Å². The second-order valence-corrected chi connectivity index (χ2v) is 11.0. The van der Waals surface area contributed by atoms with E-state index in [4.69, 9.17) is 23.7 Å². The maximum atomic E-state index is 13.6. The van der Waals surface area contributed by atoms with Gasteiger partial charge in [0, 0.05) is 0 Å². The molecule has 45 heavy (non-hydrogen) atoms. The van der Waals surface area contributed by atoms with Gasteiger partial charge in [0.25, 0.3) is 5.79 Å². The molecular formula is C27H38O18. The number of carbonyl (C=O) groups excluding carboxylic acids is 1. The number of rotatable bonds is 9. The van der Waals surface area contributed by atoms with Gasteiger partial charge in [0.05, 0.1) is 12.7 Å². The normalized spacial score (nSPS) is 45.9. The number of benzene rings is 1. The molecule has 0 bridgehead atoms. The summed E-state index contributed by atoms with van der Waals surface area (Å²) in [6.45, 7) is -1.05. The first-order valence-electron chi connectivity index (χ1n) is 13.8. The van der Waals surface area contributed by atoms with Gasteiger partial charge in [-0.1, -0.05) is 18.2 Å². The Labute approximate surface area is 255 Å². The Morgan fingerprint density at radius 1 is 0.822 bits per heavy atom. The van der Waals surface area contributed by atoms with Crippen LogP contribution in [0.15, 0.2) is 30.3 Å². The molecular weight excluding hydrogens is 612 g/mol. The second kappa shape index (κ2) is 13.9. The van der Waals surface area contributed by atoms with Crippen LogP contribution in [0.3, 0.4) is 0 Å². The Morgan fingerprint density at radius 3 is 2.09 bits per heavy atom. The molecule has 3 aliphatic heterocycles. The molecule has 18 heteroatoms. The average molecular weight is 651 g/mol. The number of hydrogen-bond donors (Lipinski definition) is 12. The maximum Gasteiger partial charge on any atom is 0.265 e. The summed E-state index contributed by atoms with van der Waals surface area (Å²) in [4.78, 5) is 13.6. The van der Waals surface area contributed by atoms with Crippen molar-refractivity contribution < 1.29 is 89.8 Å². The number of phenolic OH excluding ortho intramolecular Hbond substituents is 1. The van der Waals surface area contributed by atoms with Gasteiger partial charge in [-0.05, 0) is 30.7 Å². The van der Waals surface area contributed by atoms with Gasteiger partial charge in [0.15, 0.2) is 12.6 Å². The summed E-state index contributed by atoms with van der Waals surface area (Å²) in [5.74, 6) is -7.27. The molecule has 12 N–H and O–H groups in total. The Kier molecular flexibility index (Phi) is 11.0. The Bertz CT molecular complexity index is 1200. The van der Waals surface area contributed by atoms with Crippen molar-refractivity contribution in [3.63, 3.8) is 0 Å². The van der Waals surface area contributed by atoms with E-state index in [2.05, 4.69) is 0 Å². The first-order chi connectivity index (χ1) is 21.1. The van der Waals surface area contributed by atoms with Gasteiger partial charge in [0.1, 0.15) is 73.4 Å². The number of carbonyl (C=O) groups is 1. The molecule has 0 aromatic heterocycles. The molecule has 3 saturated heterocycles. The molecule has 254 valence electrons. The smallest absolute Gasteiger partial charge is 0.265 e. The fraction of sp³-hybridized carbons (Fsp3) is 0.667. The summed E-state index contributed by atoms with van der Waals surface area (Å²) in [6, 6.07) is 5.59. The van der Waals surface area contributed by atoms with E-state index in [0.717, 1.165) is 6.08 Å². The van der Waals surface area contributed by atoms with Crippen LogP contribution in [-0.2, 0) is 28.5 Å². The molecule has 0 radical (unpaired) electrons. The Morgan fingerprint density at radius 2 is 1.47 bits per heavy atom. The van der Waals surface area contributed by atoms with Gasteiger partial charge in [-0.2, -0.15) is 0 Å². The maximum absolute atomic E-state index is 13.6. The highest BCUT2D eigenvalue weighted by molar-refractivity contribution is 5.99. The van der Waals surface area contributed by atoms with Gasteiger partial charge in [0.2, 0.25) is 11.6 Å². The van der Waals surface area contributed by atoms with E-state index in [1.54, 1.807) is 0 Å². The summed E-state index contributed by atoms with van der Waals surface area (Å²) in [5.41, 5.74) is 0.289. The third kappa shape index (κ3) is 6.64. The van der Waals surface area contributed by atoms with Crippen molar-refractivity contribution >= 4 is 11.9 Å². The largest absolute Gasteiger partial charge is 0.508 e. The molecule has 18 nitrogen and oxygen atoms in total. The lowest BCUT2D eigenvalue weighted by atomic mass is 9.89. The minimum atomic E-state index is -3.00. The first-order valence-corrected chi connectivity index (χ1v) is 13.8. The molecule has 4 rings (SSSR count). The molecule has 1 aromatic carbocycles. The minimum absolute atomic E-state index is 0.150. The van der Waals surface area contributed by atoms with Crippen molar-refractivity contribution in [1.29, 1.82) is 0 Å². The summed E-state index contributed by atoms with van der Waals surface area (Å²) in [7, 11) is 0.